The molecule has 1 saturated heterocycles. The van der Waals surface area contributed by atoms with Crippen molar-refractivity contribution in [2.24, 2.45) is 0 Å². The van der Waals surface area contributed by atoms with Gasteiger partial charge in [0.2, 0.25) is 10.0 Å². The Balaban J connectivity index is 1.57. The highest BCUT2D eigenvalue weighted by molar-refractivity contribution is 7.89. The van der Waals surface area contributed by atoms with Crippen LogP contribution >= 0.6 is 11.3 Å². The zero-order valence-corrected chi connectivity index (χ0v) is 23.9. The molecule has 10 heteroatoms. The third kappa shape index (κ3) is 6.38. The molecule has 0 saturated carbocycles. The molecule has 4 rings (SSSR count). The molecule has 2 heterocycles. The monoisotopic (exact) mass is 544 g/mol. The minimum atomic E-state index is -3.68. The van der Waals surface area contributed by atoms with Crippen LogP contribution in [0.1, 0.15) is 40.7 Å². The lowest BCUT2D eigenvalue weighted by atomic mass is 10.1. The Morgan fingerprint density at radius 3 is 2.43 bits per heavy atom. The van der Waals surface area contributed by atoms with E-state index >= 15 is 0 Å². The van der Waals surface area contributed by atoms with Crippen molar-refractivity contribution in [1.82, 2.24) is 14.2 Å². The first-order valence-corrected chi connectivity index (χ1v) is 14.8. The molecule has 1 aromatic heterocycles. The maximum atomic E-state index is 13.7. The van der Waals surface area contributed by atoms with Crippen molar-refractivity contribution in [3.05, 3.63) is 53.1 Å². The average Bonchev–Trinajstić information content (AvgIpc) is 3.51. The molecule has 1 aliphatic rings. The number of fused-ring (bicyclic) bond motifs is 1. The first-order chi connectivity index (χ1) is 17.6. The van der Waals surface area contributed by atoms with E-state index in [0.717, 1.165) is 41.6 Å². The van der Waals surface area contributed by atoms with E-state index in [0.29, 0.717) is 30.4 Å². The predicted octanol–water partition coefficient (Wildman–Crippen LogP) is 4.31. The van der Waals surface area contributed by atoms with Gasteiger partial charge in [-0.15, -0.1) is 0 Å². The number of amides is 1. The van der Waals surface area contributed by atoms with Crippen LogP contribution in [0.25, 0.3) is 10.2 Å². The predicted molar refractivity (Wildman–Crippen MR) is 149 cm³/mol. The average molecular weight is 545 g/mol. The standard InChI is InChI=1S/C27H36N4O4S2/c1-19-16-24-25(17-20(19)2)36-27(28-24)31(14-7-13-29(3)4)26(32)21-9-11-23(12-10-21)37(33,34)30(5)18-22-8-6-15-35-22/h9-12,16-17,22H,6-8,13-15,18H2,1-5H3. The summed E-state index contributed by atoms with van der Waals surface area (Å²) in [7, 11) is 1.90. The molecule has 0 N–H and O–H groups in total. The fourth-order valence-electron chi connectivity index (χ4n) is 4.39. The van der Waals surface area contributed by atoms with Crippen molar-refractivity contribution < 1.29 is 17.9 Å². The number of benzene rings is 2. The quantitative estimate of drug-likeness (QED) is 0.378. The maximum Gasteiger partial charge on any atom is 0.260 e. The van der Waals surface area contributed by atoms with Gasteiger partial charge in [-0.2, -0.15) is 4.31 Å². The summed E-state index contributed by atoms with van der Waals surface area (Å²) in [5, 5.41) is 0.650. The van der Waals surface area contributed by atoms with Gasteiger partial charge in [-0.1, -0.05) is 11.3 Å². The number of carbonyl (C=O) groups is 1. The van der Waals surface area contributed by atoms with Gasteiger partial charge in [0.15, 0.2) is 5.13 Å². The number of anilines is 1. The number of aryl methyl sites for hydroxylation is 2. The second-order valence-electron chi connectivity index (χ2n) is 9.96. The molecule has 0 bridgehead atoms. The number of rotatable bonds is 10. The third-order valence-corrected chi connectivity index (χ3v) is 9.63. The van der Waals surface area contributed by atoms with Gasteiger partial charge in [0.05, 0.1) is 21.2 Å². The van der Waals surface area contributed by atoms with E-state index in [1.165, 1.54) is 33.3 Å². The zero-order valence-electron chi connectivity index (χ0n) is 22.2. The van der Waals surface area contributed by atoms with Crippen LogP contribution in [0, 0.1) is 13.8 Å². The Kier molecular flexibility index (Phi) is 8.65. The second kappa shape index (κ2) is 11.6. The first-order valence-electron chi connectivity index (χ1n) is 12.6. The van der Waals surface area contributed by atoms with E-state index in [9.17, 15) is 13.2 Å². The Labute approximate surface area is 223 Å². The van der Waals surface area contributed by atoms with E-state index in [-0.39, 0.29) is 16.9 Å². The molecule has 8 nitrogen and oxygen atoms in total. The van der Waals surface area contributed by atoms with Gasteiger partial charge >= 0.3 is 0 Å². The number of nitrogens with zero attached hydrogens (tertiary/aromatic N) is 4. The molecular weight excluding hydrogens is 508 g/mol. The first kappa shape index (κ1) is 27.7. The smallest absolute Gasteiger partial charge is 0.260 e. The summed E-state index contributed by atoms with van der Waals surface area (Å²) in [6.45, 7) is 6.47. The molecule has 1 aliphatic heterocycles. The third-order valence-electron chi connectivity index (χ3n) is 6.75. The van der Waals surface area contributed by atoms with Gasteiger partial charge in [0, 0.05) is 32.3 Å². The van der Waals surface area contributed by atoms with Crippen molar-refractivity contribution in [3.63, 3.8) is 0 Å². The van der Waals surface area contributed by atoms with Crippen LogP contribution < -0.4 is 4.90 Å². The molecule has 0 aliphatic carbocycles. The van der Waals surface area contributed by atoms with E-state index in [4.69, 9.17) is 9.72 Å². The number of aromatic nitrogens is 1. The van der Waals surface area contributed by atoms with Crippen LogP contribution in [0.15, 0.2) is 41.3 Å². The molecular formula is C27H36N4O4S2. The normalized spacial score (nSPS) is 16.2. The maximum absolute atomic E-state index is 13.7. The van der Waals surface area contributed by atoms with Gasteiger partial charge in [-0.05, 0) is 101 Å². The Hall–Kier alpha value is -2.37. The van der Waals surface area contributed by atoms with Crippen LogP contribution in [0.3, 0.4) is 0 Å². The van der Waals surface area contributed by atoms with Gasteiger partial charge in [-0.3, -0.25) is 9.69 Å². The number of ether oxygens (including phenoxy) is 1. The van der Waals surface area contributed by atoms with Crippen LogP contribution in [0.2, 0.25) is 0 Å². The molecule has 37 heavy (non-hydrogen) atoms. The lowest BCUT2D eigenvalue weighted by Crippen LogP contribution is -2.34. The fraction of sp³-hybridized carbons (Fsp3) is 0.481. The van der Waals surface area contributed by atoms with E-state index in [1.807, 2.05) is 14.1 Å². The Bertz CT molecular complexity index is 1310. The molecule has 3 aromatic rings. The van der Waals surface area contributed by atoms with Crippen molar-refractivity contribution >= 4 is 42.6 Å². The van der Waals surface area contributed by atoms with Crippen LogP contribution in [0.5, 0.6) is 0 Å². The van der Waals surface area contributed by atoms with Crippen LogP contribution in [-0.4, -0.2) is 82.0 Å². The van der Waals surface area contributed by atoms with E-state index in [2.05, 4.69) is 30.9 Å². The summed E-state index contributed by atoms with van der Waals surface area (Å²) >= 11 is 1.50. The van der Waals surface area contributed by atoms with Crippen molar-refractivity contribution in [3.8, 4) is 0 Å². The minimum Gasteiger partial charge on any atom is -0.377 e. The summed E-state index contributed by atoms with van der Waals surface area (Å²) in [5.74, 6) is -0.192. The lowest BCUT2D eigenvalue weighted by molar-refractivity contribution is 0.0978. The summed E-state index contributed by atoms with van der Waals surface area (Å²) in [6.07, 6.45) is 2.53. The summed E-state index contributed by atoms with van der Waals surface area (Å²) < 4.78 is 34.1. The highest BCUT2D eigenvalue weighted by Crippen LogP contribution is 2.32. The highest BCUT2D eigenvalue weighted by Gasteiger charge is 2.27. The molecule has 200 valence electrons. The van der Waals surface area contributed by atoms with Crippen molar-refractivity contribution in [2.45, 2.75) is 44.1 Å². The second-order valence-corrected chi connectivity index (χ2v) is 13.0. The molecule has 1 unspecified atom stereocenters. The Morgan fingerprint density at radius 1 is 1.08 bits per heavy atom. The molecule has 1 atom stereocenters. The van der Waals surface area contributed by atoms with Gasteiger partial charge in [0.1, 0.15) is 0 Å². The van der Waals surface area contributed by atoms with Gasteiger partial charge < -0.3 is 9.64 Å². The van der Waals surface area contributed by atoms with Crippen molar-refractivity contribution in [2.75, 3.05) is 52.3 Å². The number of likely N-dealkylation sites (N-methyl/N-ethyl adjacent to an activating group) is 1. The lowest BCUT2D eigenvalue weighted by Gasteiger charge is -2.22. The summed E-state index contributed by atoms with van der Waals surface area (Å²) in [6, 6.07) is 10.4. The van der Waals surface area contributed by atoms with Crippen LogP contribution in [-0.2, 0) is 14.8 Å². The molecule has 1 amide bonds. The topological polar surface area (TPSA) is 83.1 Å². The number of hydrogen-bond acceptors (Lipinski definition) is 7. The molecule has 0 spiro atoms. The highest BCUT2D eigenvalue weighted by atomic mass is 32.2. The van der Waals surface area contributed by atoms with Gasteiger partial charge in [-0.25, -0.2) is 13.4 Å². The number of hydrogen-bond donors (Lipinski definition) is 0. The molecule has 0 radical (unpaired) electrons. The number of carbonyl (C=O) groups excluding carboxylic acids is 1. The fourth-order valence-corrected chi connectivity index (χ4v) is 6.66. The zero-order chi connectivity index (χ0) is 26.7. The van der Waals surface area contributed by atoms with Crippen molar-refractivity contribution in [1.29, 1.82) is 0 Å². The van der Waals surface area contributed by atoms with Gasteiger partial charge in [0.25, 0.3) is 5.91 Å². The minimum absolute atomic E-state index is 0.0715. The summed E-state index contributed by atoms with van der Waals surface area (Å²) in [5.41, 5.74) is 3.66. The molecule has 1 fully saturated rings. The Morgan fingerprint density at radius 2 is 1.78 bits per heavy atom. The van der Waals surface area contributed by atoms with E-state index in [1.54, 1.807) is 24.1 Å². The number of sulfonamides is 1. The van der Waals surface area contributed by atoms with Crippen LogP contribution in [0.4, 0.5) is 5.13 Å². The largest absolute Gasteiger partial charge is 0.377 e. The molecule has 2 aromatic carbocycles. The SMILES string of the molecule is Cc1cc2nc(N(CCCN(C)C)C(=O)c3ccc(S(=O)(=O)N(C)CC4CCCO4)cc3)sc2cc1C. The summed E-state index contributed by atoms with van der Waals surface area (Å²) in [4.78, 5) is 22.4. The number of thiazole rings is 1. The van der Waals surface area contributed by atoms with E-state index < -0.39 is 10.0 Å².